The van der Waals surface area contributed by atoms with E-state index in [1.807, 2.05) is 0 Å². The number of hydrogen-bond donors (Lipinski definition) is 0. The van der Waals surface area contributed by atoms with E-state index in [0.29, 0.717) is 9.10 Å². The van der Waals surface area contributed by atoms with Gasteiger partial charge in [0.2, 0.25) is 0 Å². The molecular weight excluding hydrogens is 404 g/mol. The van der Waals surface area contributed by atoms with Crippen molar-refractivity contribution in [2.45, 2.75) is 124 Å². The van der Waals surface area contributed by atoms with E-state index in [-0.39, 0.29) is 29.6 Å². The normalized spacial score (nSPS) is 9.41. The average molecular weight is 447 g/mol. The number of carbonyl (C=O) groups excluding carboxylic acids is 3. The third-order valence-corrected chi connectivity index (χ3v) is 5.90. The average Bonchev–Trinajstić information content (AvgIpc) is 2.62. The molecule has 3 nitrogen and oxygen atoms in total. The van der Waals surface area contributed by atoms with Gasteiger partial charge in [-0.2, -0.15) is 0 Å². The first-order chi connectivity index (χ1) is 13.3. The van der Waals surface area contributed by atoms with Crippen molar-refractivity contribution in [2.75, 3.05) is 0 Å². The summed E-state index contributed by atoms with van der Waals surface area (Å²) in [5.74, 6) is 0. The van der Waals surface area contributed by atoms with Gasteiger partial charge in [0, 0.05) is 0 Å². The molecule has 0 radical (unpaired) electrons. The van der Waals surface area contributed by atoms with Crippen LogP contribution in [0.2, 0.25) is 0 Å². The topological polar surface area (TPSA) is 51.2 Å². The van der Waals surface area contributed by atoms with Crippen molar-refractivity contribution in [1.82, 2.24) is 0 Å². The first-order valence-electron chi connectivity index (χ1n) is 11.8. The Bertz CT molecular complexity index is 340. The van der Waals surface area contributed by atoms with Crippen molar-refractivity contribution in [3.05, 3.63) is 0 Å². The zero-order chi connectivity index (χ0) is 22.0. The molecule has 152 valence electrons. The maximum atomic E-state index is 10.5. The summed E-state index contributed by atoms with van der Waals surface area (Å²) in [6.45, 7) is 6.56. The van der Waals surface area contributed by atoms with Gasteiger partial charge in [-0.3, -0.25) is 0 Å². The fraction of sp³-hybridized carbons (Fsp3) is 0.864. The SMILES string of the molecule is CCCCCCC[C](=O)[Na].CCCCCCC[C](=O)[Na].CCCCC[C](=O)[Na].[NaH]. The number of hydrogen-bond acceptors (Lipinski definition) is 3. The van der Waals surface area contributed by atoms with E-state index in [9.17, 15) is 14.4 Å². The summed E-state index contributed by atoms with van der Waals surface area (Å²) in [5, 5.41) is 0. The number of unbranched alkanes of at least 4 members (excludes halogenated alkanes) is 10. The van der Waals surface area contributed by atoms with E-state index >= 15 is 0 Å². The van der Waals surface area contributed by atoms with Gasteiger partial charge in [-0.25, -0.2) is 0 Å². The van der Waals surface area contributed by atoms with E-state index < -0.39 is 0 Å². The molecule has 0 spiro atoms. The number of rotatable bonds is 16. The summed E-state index contributed by atoms with van der Waals surface area (Å²) in [7, 11) is 0. The molecule has 0 aromatic carbocycles. The second-order valence-electron chi connectivity index (χ2n) is 7.89. The van der Waals surface area contributed by atoms with Crippen LogP contribution in [0, 0.1) is 0 Å². The molecule has 0 amide bonds. The zero-order valence-electron chi connectivity index (χ0n) is 20.0. The molecule has 0 fully saturated rings. The third-order valence-electron chi connectivity index (χ3n) is 4.40. The van der Waals surface area contributed by atoms with Crippen molar-refractivity contribution in [2.24, 2.45) is 0 Å². The summed E-state index contributed by atoms with van der Waals surface area (Å²) in [6.07, 6.45) is 18.7. The van der Waals surface area contributed by atoms with E-state index in [0.717, 1.165) is 122 Å². The van der Waals surface area contributed by atoms with Gasteiger partial charge in [0.25, 0.3) is 0 Å². The van der Waals surface area contributed by atoms with Crippen molar-refractivity contribution in [1.29, 1.82) is 0 Å². The van der Waals surface area contributed by atoms with Crippen molar-refractivity contribution in [3.63, 3.8) is 0 Å². The van der Waals surface area contributed by atoms with Crippen LogP contribution in [0.3, 0.4) is 0 Å². The van der Waals surface area contributed by atoms with E-state index in [4.69, 9.17) is 0 Å². The molecule has 0 aliphatic heterocycles. The Morgan fingerprint density at radius 2 is 0.655 bits per heavy atom. The van der Waals surface area contributed by atoms with Crippen LogP contribution >= 0.6 is 0 Å². The molecule has 0 bridgehead atoms. The molecule has 0 atom stereocenters. The summed E-state index contributed by atoms with van der Waals surface area (Å²) < 4.78 is 1.39. The molecule has 0 rings (SSSR count). The Hall–Kier alpha value is 3.01. The first kappa shape index (κ1) is 39.2. The van der Waals surface area contributed by atoms with Gasteiger partial charge in [-0.05, 0) is 0 Å². The van der Waals surface area contributed by atoms with Crippen LogP contribution in [-0.4, -0.2) is 122 Å². The predicted molar refractivity (Wildman–Crippen MR) is 130 cm³/mol. The summed E-state index contributed by atoms with van der Waals surface area (Å²) in [5.41, 5.74) is 0. The van der Waals surface area contributed by atoms with E-state index in [2.05, 4.69) is 20.8 Å². The van der Waals surface area contributed by atoms with Crippen LogP contribution in [0.5, 0.6) is 0 Å². The Morgan fingerprint density at radius 1 is 0.448 bits per heavy atom. The molecule has 0 heterocycles. The fourth-order valence-corrected chi connectivity index (χ4v) is 3.64. The Kier molecular flexibility index (Phi) is 48.2. The molecule has 0 saturated heterocycles. The number of carbonyl (C=O) groups is 3. The molecule has 0 aromatic heterocycles. The van der Waals surface area contributed by atoms with Crippen molar-refractivity contribution < 1.29 is 14.4 Å². The second-order valence-corrected chi connectivity index (χ2v) is 11.2. The van der Waals surface area contributed by atoms with Gasteiger partial charge in [-0.15, -0.1) is 0 Å². The van der Waals surface area contributed by atoms with Gasteiger partial charge in [0.05, 0.1) is 0 Å². The van der Waals surface area contributed by atoms with E-state index in [1.54, 1.807) is 0 Å². The van der Waals surface area contributed by atoms with Crippen LogP contribution < -0.4 is 0 Å². The quantitative estimate of drug-likeness (QED) is 0.255. The third kappa shape index (κ3) is 53.9. The molecular formula is C22H42Na4O3. The summed E-state index contributed by atoms with van der Waals surface area (Å²) >= 11 is 2.25. The monoisotopic (exact) mass is 446 g/mol. The Balaban J connectivity index is -0.000000160. The molecule has 0 saturated carbocycles. The fourth-order valence-electron chi connectivity index (χ4n) is 2.58. The van der Waals surface area contributed by atoms with E-state index in [1.165, 1.54) is 64.2 Å². The molecule has 0 aliphatic rings. The minimum atomic E-state index is 0. The maximum absolute atomic E-state index is 10.5. The molecule has 0 aliphatic carbocycles. The Morgan fingerprint density at radius 3 is 0.897 bits per heavy atom. The van der Waals surface area contributed by atoms with Gasteiger partial charge < -0.3 is 0 Å². The summed E-state index contributed by atoms with van der Waals surface area (Å²) in [6, 6.07) is 0. The molecule has 0 unspecified atom stereocenters. The second kappa shape index (κ2) is 35.6. The molecule has 7 heteroatoms. The van der Waals surface area contributed by atoms with Crippen LogP contribution in [-0.2, 0) is 14.4 Å². The van der Waals surface area contributed by atoms with Gasteiger partial charge in [-0.1, -0.05) is 0 Å². The predicted octanol–water partition coefficient (Wildman–Crippen LogP) is 4.70. The van der Waals surface area contributed by atoms with Crippen molar-refractivity contribution in [3.8, 4) is 0 Å². The molecule has 29 heavy (non-hydrogen) atoms. The van der Waals surface area contributed by atoms with Crippen LogP contribution in [0.1, 0.15) is 124 Å². The van der Waals surface area contributed by atoms with Crippen molar-refractivity contribution >= 4 is 122 Å². The zero-order valence-corrected chi connectivity index (χ0v) is 26.0. The standard InChI is InChI=1S/2C8H15O.C6H11O.4Na.H/c2*1-2-3-4-5-6-7-8-9;1-2-3-4-5-6-7;;;;;/h2*2-7H2,1H3;2-5H2,1H3;;;;;. The summed E-state index contributed by atoms with van der Waals surface area (Å²) in [4.78, 5) is 31.5. The van der Waals surface area contributed by atoms with Gasteiger partial charge in [0.1, 0.15) is 0 Å². The molecule has 0 N–H and O–H groups in total. The first-order valence-corrected chi connectivity index (χ1v) is 14.8. The Labute approximate surface area is 256 Å². The van der Waals surface area contributed by atoms with Crippen LogP contribution in [0.25, 0.3) is 0 Å². The molecule has 0 aromatic rings. The van der Waals surface area contributed by atoms with Crippen LogP contribution in [0.4, 0.5) is 0 Å². The minimum absolute atomic E-state index is 0. The van der Waals surface area contributed by atoms with Gasteiger partial charge in [0.15, 0.2) is 0 Å². The van der Waals surface area contributed by atoms with Crippen LogP contribution in [0.15, 0.2) is 0 Å². The van der Waals surface area contributed by atoms with Gasteiger partial charge >= 0.3 is 260 Å².